The van der Waals surface area contributed by atoms with E-state index in [1.54, 1.807) is 6.07 Å². The fraction of sp³-hybridized carbons (Fsp3) is 0.286. The van der Waals surface area contributed by atoms with Crippen molar-refractivity contribution in [1.29, 1.82) is 0 Å². The molecule has 2 aromatic rings. The van der Waals surface area contributed by atoms with Crippen LogP contribution in [0.1, 0.15) is 44.5 Å². The van der Waals surface area contributed by atoms with Crippen molar-refractivity contribution in [2.75, 3.05) is 18.0 Å². The summed E-state index contributed by atoms with van der Waals surface area (Å²) in [4.78, 5) is 19.3. The zero-order valence-corrected chi connectivity index (χ0v) is 20.3. The largest absolute Gasteiger partial charge is 0.456 e. The number of nitrogens with zero attached hydrogens (tertiary/aromatic N) is 2. The van der Waals surface area contributed by atoms with Gasteiger partial charge in [0.15, 0.2) is 0 Å². The van der Waals surface area contributed by atoms with E-state index in [0.717, 1.165) is 64.0 Å². The Morgan fingerprint density at radius 3 is 2.45 bits per heavy atom. The van der Waals surface area contributed by atoms with Gasteiger partial charge in [-0.3, -0.25) is 9.79 Å². The normalized spacial score (nSPS) is 12.9. The molecule has 0 radical (unpaired) electrons. The number of rotatable bonds is 7. The maximum Gasteiger partial charge on any atom is 0.253 e. The standard InChI is InChI=1S/C28H29ClN2O2/c1-5-18(4)30-19-12-14-23-25(16-19)33-26-17-20(31(6-2)7-3)13-15-24(26)27(23)21-10-8-9-11-22(21)28(29)32/h8-18H,5-7H2,1-4H3/b30-19+. The smallest absolute Gasteiger partial charge is 0.253 e. The van der Waals surface area contributed by atoms with E-state index < -0.39 is 5.24 Å². The number of hydrogen-bond donors (Lipinski definition) is 0. The minimum atomic E-state index is -0.476. The van der Waals surface area contributed by atoms with Crippen LogP contribution in [0.3, 0.4) is 0 Å². The van der Waals surface area contributed by atoms with Crippen molar-refractivity contribution < 1.29 is 9.21 Å². The van der Waals surface area contributed by atoms with Crippen LogP contribution in [0.15, 0.2) is 70.1 Å². The molecular weight excluding hydrogens is 432 g/mol. The van der Waals surface area contributed by atoms with Gasteiger partial charge in [-0.05, 0) is 74.7 Å². The molecule has 0 bridgehead atoms. The number of halogens is 1. The molecule has 0 saturated carbocycles. The molecule has 33 heavy (non-hydrogen) atoms. The molecule has 4 rings (SSSR count). The third kappa shape index (κ3) is 4.53. The second-order valence-electron chi connectivity index (χ2n) is 8.22. The maximum atomic E-state index is 12.3. The first-order chi connectivity index (χ1) is 16.0. The molecule has 0 N–H and O–H groups in total. The number of carbonyl (C=O) groups excluding carboxylic acids is 1. The first-order valence-corrected chi connectivity index (χ1v) is 11.9. The van der Waals surface area contributed by atoms with Crippen LogP contribution in [0.25, 0.3) is 33.4 Å². The van der Waals surface area contributed by atoms with Gasteiger partial charge in [0.2, 0.25) is 0 Å². The molecular formula is C28H29ClN2O2. The Kier molecular flexibility index (Phi) is 6.85. The van der Waals surface area contributed by atoms with E-state index in [1.807, 2.05) is 36.4 Å². The van der Waals surface area contributed by atoms with Gasteiger partial charge in [0.05, 0.1) is 5.36 Å². The van der Waals surface area contributed by atoms with Crippen molar-refractivity contribution in [3.8, 4) is 22.5 Å². The molecule has 1 unspecified atom stereocenters. The first kappa shape index (κ1) is 23.1. The topological polar surface area (TPSA) is 45.8 Å². The first-order valence-electron chi connectivity index (χ1n) is 11.5. The molecule has 0 spiro atoms. The van der Waals surface area contributed by atoms with E-state index in [0.29, 0.717) is 5.56 Å². The average molecular weight is 461 g/mol. The highest BCUT2D eigenvalue weighted by Gasteiger charge is 2.21. The van der Waals surface area contributed by atoms with Crippen molar-refractivity contribution in [1.82, 2.24) is 0 Å². The Morgan fingerprint density at radius 2 is 1.76 bits per heavy atom. The Labute approximate surface area is 199 Å². The SMILES string of the molecule is CCC(C)/N=c1\ccc2c(-c3ccccc3C(=O)Cl)c3ccc(N(CC)CC)cc3oc-2c1. The molecule has 1 aliphatic carbocycles. The molecule has 1 heterocycles. The molecule has 0 amide bonds. The zero-order valence-electron chi connectivity index (χ0n) is 19.6. The molecule has 0 saturated heterocycles. The summed E-state index contributed by atoms with van der Waals surface area (Å²) in [5, 5.41) is 1.35. The summed E-state index contributed by atoms with van der Waals surface area (Å²) in [6, 6.07) is 20.0. The van der Waals surface area contributed by atoms with Gasteiger partial charge in [-0.15, -0.1) is 0 Å². The van der Waals surface area contributed by atoms with Gasteiger partial charge in [0, 0.05) is 59.0 Å². The summed E-state index contributed by atoms with van der Waals surface area (Å²) in [6.07, 6.45) is 0.969. The van der Waals surface area contributed by atoms with Gasteiger partial charge in [0.25, 0.3) is 5.24 Å². The number of fused-ring (bicyclic) bond motifs is 2. The van der Waals surface area contributed by atoms with Crippen molar-refractivity contribution in [3.63, 3.8) is 0 Å². The third-order valence-corrected chi connectivity index (χ3v) is 6.39. The molecule has 4 nitrogen and oxygen atoms in total. The number of anilines is 1. The second kappa shape index (κ2) is 9.80. The highest BCUT2D eigenvalue weighted by atomic mass is 35.5. The van der Waals surface area contributed by atoms with Crippen LogP contribution in [0.2, 0.25) is 0 Å². The summed E-state index contributed by atoms with van der Waals surface area (Å²) in [5.74, 6) is 0.732. The van der Waals surface area contributed by atoms with E-state index in [9.17, 15) is 4.79 Å². The van der Waals surface area contributed by atoms with Gasteiger partial charge in [-0.25, -0.2) is 0 Å². The number of benzene rings is 3. The van der Waals surface area contributed by atoms with Gasteiger partial charge >= 0.3 is 0 Å². The van der Waals surface area contributed by atoms with Crippen molar-refractivity contribution in [2.45, 2.75) is 40.2 Å². The van der Waals surface area contributed by atoms with E-state index in [-0.39, 0.29) is 6.04 Å². The summed E-state index contributed by atoms with van der Waals surface area (Å²) in [6.45, 7) is 10.3. The lowest BCUT2D eigenvalue weighted by molar-refractivity contribution is 0.108. The maximum absolute atomic E-state index is 12.3. The quantitative estimate of drug-likeness (QED) is 0.217. The Bertz CT molecular complexity index is 1340. The van der Waals surface area contributed by atoms with Crippen LogP contribution in [0.4, 0.5) is 5.69 Å². The summed E-state index contributed by atoms with van der Waals surface area (Å²) in [7, 11) is 0. The highest BCUT2D eigenvalue weighted by Crippen LogP contribution is 2.42. The molecule has 1 aliphatic heterocycles. The number of hydrogen-bond acceptors (Lipinski definition) is 4. The van der Waals surface area contributed by atoms with E-state index >= 15 is 0 Å². The van der Waals surface area contributed by atoms with Crippen LogP contribution in [-0.4, -0.2) is 24.4 Å². The van der Waals surface area contributed by atoms with E-state index in [2.05, 4.69) is 50.8 Å². The van der Waals surface area contributed by atoms with Crippen LogP contribution in [0, 0.1) is 0 Å². The molecule has 2 aliphatic rings. The Morgan fingerprint density at radius 1 is 1.00 bits per heavy atom. The van der Waals surface area contributed by atoms with E-state index in [1.165, 1.54) is 0 Å². The second-order valence-corrected chi connectivity index (χ2v) is 8.56. The van der Waals surface area contributed by atoms with E-state index in [4.69, 9.17) is 21.0 Å². The van der Waals surface area contributed by atoms with Gasteiger partial charge in [0.1, 0.15) is 11.3 Å². The molecule has 0 fully saturated rings. The summed E-state index contributed by atoms with van der Waals surface area (Å²) in [5.41, 5.74) is 5.01. The van der Waals surface area contributed by atoms with Crippen molar-refractivity contribution in [3.05, 3.63) is 71.6 Å². The van der Waals surface area contributed by atoms with Crippen molar-refractivity contribution >= 4 is 33.5 Å². The monoisotopic (exact) mass is 460 g/mol. The molecule has 170 valence electrons. The van der Waals surface area contributed by atoms with Gasteiger partial charge < -0.3 is 9.32 Å². The predicted octanol–water partition coefficient (Wildman–Crippen LogP) is 7.13. The summed E-state index contributed by atoms with van der Waals surface area (Å²) < 4.78 is 6.44. The fourth-order valence-corrected chi connectivity index (χ4v) is 4.41. The highest BCUT2D eigenvalue weighted by molar-refractivity contribution is 6.68. The Balaban J connectivity index is 2.09. The lowest BCUT2D eigenvalue weighted by Gasteiger charge is -2.22. The molecule has 2 aromatic carbocycles. The zero-order chi connectivity index (χ0) is 23.5. The predicted molar refractivity (Wildman–Crippen MR) is 137 cm³/mol. The third-order valence-electron chi connectivity index (χ3n) is 6.19. The summed E-state index contributed by atoms with van der Waals surface area (Å²) >= 11 is 5.98. The van der Waals surface area contributed by atoms with Crippen LogP contribution in [0.5, 0.6) is 0 Å². The van der Waals surface area contributed by atoms with Crippen LogP contribution >= 0.6 is 11.6 Å². The average Bonchev–Trinajstić information content (AvgIpc) is 2.83. The van der Waals surface area contributed by atoms with Crippen LogP contribution in [-0.2, 0) is 0 Å². The lowest BCUT2D eigenvalue weighted by atomic mass is 9.91. The van der Waals surface area contributed by atoms with Crippen molar-refractivity contribution in [2.24, 2.45) is 4.99 Å². The van der Waals surface area contributed by atoms with Gasteiger partial charge in [-0.2, -0.15) is 0 Å². The minimum absolute atomic E-state index is 0.228. The van der Waals surface area contributed by atoms with Gasteiger partial charge in [-0.1, -0.05) is 25.1 Å². The minimum Gasteiger partial charge on any atom is -0.456 e. The molecule has 5 heteroatoms. The van der Waals surface area contributed by atoms with Crippen LogP contribution < -0.4 is 10.3 Å². The molecule has 1 atom stereocenters. The number of carbonyl (C=O) groups is 1. The lowest BCUT2D eigenvalue weighted by Crippen LogP contribution is -2.21. The Hall–Kier alpha value is -3.11. The molecule has 0 aromatic heterocycles. The fourth-order valence-electron chi connectivity index (χ4n) is 4.24.